The van der Waals surface area contributed by atoms with Crippen LogP contribution in [0.2, 0.25) is 0 Å². The van der Waals surface area contributed by atoms with Gasteiger partial charge in [0.25, 0.3) is 5.91 Å². The maximum absolute atomic E-state index is 12.0. The molecule has 0 atom stereocenters. The van der Waals surface area contributed by atoms with E-state index in [0.717, 1.165) is 0 Å². The van der Waals surface area contributed by atoms with E-state index in [4.69, 9.17) is 0 Å². The van der Waals surface area contributed by atoms with Crippen LogP contribution in [0.25, 0.3) is 5.69 Å². The number of amides is 1. The van der Waals surface area contributed by atoms with E-state index in [0.29, 0.717) is 11.3 Å². The molecule has 0 spiro atoms. The molecular formula is C11H13N5O. The molecular weight excluding hydrogens is 218 g/mol. The van der Waals surface area contributed by atoms with Crippen LogP contribution in [0.5, 0.6) is 0 Å². The Morgan fingerprint density at radius 2 is 2.12 bits per heavy atom. The SMILES string of the molecule is CC(C)NC(=O)c1ccccc1-n1cnnn1. The van der Waals surface area contributed by atoms with E-state index >= 15 is 0 Å². The van der Waals surface area contributed by atoms with Crippen molar-refractivity contribution < 1.29 is 4.79 Å². The molecule has 2 rings (SSSR count). The smallest absolute Gasteiger partial charge is 0.253 e. The number of carbonyl (C=O) groups is 1. The Bertz CT molecular complexity index is 506. The van der Waals surface area contributed by atoms with Gasteiger partial charge in [-0.3, -0.25) is 4.79 Å². The number of hydrogen-bond acceptors (Lipinski definition) is 4. The van der Waals surface area contributed by atoms with Crippen LogP contribution in [-0.4, -0.2) is 32.2 Å². The van der Waals surface area contributed by atoms with Gasteiger partial charge in [-0.25, -0.2) is 0 Å². The zero-order valence-corrected chi connectivity index (χ0v) is 9.66. The molecule has 17 heavy (non-hydrogen) atoms. The highest BCUT2D eigenvalue weighted by Crippen LogP contribution is 2.12. The average molecular weight is 231 g/mol. The second kappa shape index (κ2) is 4.73. The lowest BCUT2D eigenvalue weighted by molar-refractivity contribution is 0.0943. The summed E-state index contributed by atoms with van der Waals surface area (Å²) >= 11 is 0. The topological polar surface area (TPSA) is 72.7 Å². The largest absolute Gasteiger partial charge is 0.350 e. The van der Waals surface area contributed by atoms with Crippen molar-refractivity contribution in [3.8, 4) is 5.69 Å². The zero-order chi connectivity index (χ0) is 12.3. The molecule has 0 fully saturated rings. The molecule has 1 amide bonds. The van der Waals surface area contributed by atoms with E-state index < -0.39 is 0 Å². The van der Waals surface area contributed by atoms with E-state index in [9.17, 15) is 4.79 Å². The van der Waals surface area contributed by atoms with Crippen LogP contribution in [0.15, 0.2) is 30.6 Å². The highest BCUT2D eigenvalue weighted by Gasteiger charge is 2.13. The Morgan fingerprint density at radius 3 is 2.76 bits per heavy atom. The number of benzene rings is 1. The third kappa shape index (κ3) is 2.47. The van der Waals surface area contributed by atoms with Crippen molar-refractivity contribution in [2.24, 2.45) is 0 Å². The number of aromatic nitrogens is 4. The molecule has 1 aromatic heterocycles. The first kappa shape index (κ1) is 11.3. The van der Waals surface area contributed by atoms with E-state index in [2.05, 4.69) is 20.8 Å². The Morgan fingerprint density at radius 1 is 1.35 bits per heavy atom. The lowest BCUT2D eigenvalue weighted by atomic mass is 10.1. The molecule has 88 valence electrons. The van der Waals surface area contributed by atoms with Gasteiger partial charge in [0.15, 0.2) is 0 Å². The molecule has 0 aliphatic rings. The summed E-state index contributed by atoms with van der Waals surface area (Å²) in [5, 5.41) is 13.7. The second-order valence-corrected chi connectivity index (χ2v) is 3.90. The molecule has 0 radical (unpaired) electrons. The molecule has 0 bridgehead atoms. The van der Waals surface area contributed by atoms with Crippen molar-refractivity contribution in [3.63, 3.8) is 0 Å². The summed E-state index contributed by atoms with van der Waals surface area (Å²) in [6.07, 6.45) is 1.46. The molecule has 0 unspecified atom stereocenters. The minimum Gasteiger partial charge on any atom is -0.350 e. The summed E-state index contributed by atoms with van der Waals surface area (Å²) in [5.74, 6) is -0.133. The van der Waals surface area contributed by atoms with Crippen molar-refractivity contribution in [2.45, 2.75) is 19.9 Å². The molecule has 6 heteroatoms. The number of para-hydroxylation sites is 1. The Labute approximate surface area is 98.6 Å². The molecule has 0 aliphatic carbocycles. The van der Waals surface area contributed by atoms with Crippen molar-refractivity contribution in [1.29, 1.82) is 0 Å². The second-order valence-electron chi connectivity index (χ2n) is 3.90. The van der Waals surface area contributed by atoms with E-state index in [1.54, 1.807) is 12.1 Å². The molecule has 0 saturated heterocycles. The van der Waals surface area contributed by atoms with Crippen molar-refractivity contribution >= 4 is 5.91 Å². The van der Waals surface area contributed by atoms with Gasteiger partial charge in [-0.2, -0.15) is 4.68 Å². The molecule has 1 N–H and O–H groups in total. The lowest BCUT2D eigenvalue weighted by Gasteiger charge is -2.11. The number of tetrazole rings is 1. The van der Waals surface area contributed by atoms with Gasteiger partial charge in [-0.1, -0.05) is 12.1 Å². The van der Waals surface area contributed by atoms with Gasteiger partial charge >= 0.3 is 0 Å². The van der Waals surface area contributed by atoms with Crippen LogP contribution in [0.3, 0.4) is 0 Å². The fourth-order valence-electron chi connectivity index (χ4n) is 1.48. The standard InChI is InChI=1S/C11H13N5O/c1-8(2)13-11(17)9-5-3-4-6-10(9)16-7-12-14-15-16/h3-8H,1-2H3,(H,13,17). The molecule has 0 saturated carbocycles. The third-order valence-corrected chi connectivity index (χ3v) is 2.16. The van der Waals surface area contributed by atoms with E-state index in [1.165, 1.54) is 11.0 Å². The number of carbonyl (C=O) groups excluding carboxylic acids is 1. The third-order valence-electron chi connectivity index (χ3n) is 2.16. The Hall–Kier alpha value is -2.24. The molecule has 1 heterocycles. The average Bonchev–Trinajstić information content (AvgIpc) is 2.81. The monoisotopic (exact) mass is 231 g/mol. The highest BCUT2D eigenvalue weighted by molar-refractivity contribution is 5.97. The van der Waals surface area contributed by atoms with Gasteiger partial charge in [0.1, 0.15) is 6.33 Å². The molecule has 6 nitrogen and oxygen atoms in total. The Kier molecular flexibility index (Phi) is 3.13. The van der Waals surface area contributed by atoms with Crippen molar-refractivity contribution in [2.75, 3.05) is 0 Å². The van der Waals surface area contributed by atoms with Gasteiger partial charge < -0.3 is 5.32 Å². The van der Waals surface area contributed by atoms with Gasteiger partial charge in [-0.05, 0) is 36.4 Å². The zero-order valence-electron chi connectivity index (χ0n) is 9.66. The minimum atomic E-state index is -0.133. The predicted molar refractivity (Wildman–Crippen MR) is 61.8 cm³/mol. The van der Waals surface area contributed by atoms with E-state index in [1.807, 2.05) is 26.0 Å². The van der Waals surface area contributed by atoms with Crippen LogP contribution in [0.4, 0.5) is 0 Å². The molecule has 2 aromatic rings. The van der Waals surface area contributed by atoms with E-state index in [-0.39, 0.29) is 11.9 Å². The summed E-state index contributed by atoms with van der Waals surface area (Å²) in [6, 6.07) is 7.27. The first-order chi connectivity index (χ1) is 8.18. The van der Waals surface area contributed by atoms with Gasteiger partial charge in [-0.15, -0.1) is 5.10 Å². The first-order valence-corrected chi connectivity index (χ1v) is 5.31. The fourth-order valence-corrected chi connectivity index (χ4v) is 1.48. The summed E-state index contributed by atoms with van der Waals surface area (Å²) in [5.41, 5.74) is 1.21. The summed E-state index contributed by atoms with van der Waals surface area (Å²) in [4.78, 5) is 12.0. The van der Waals surface area contributed by atoms with Crippen molar-refractivity contribution in [1.82, 2.24) is 25.5 Å². The van der Waals surface area contributed by atoms with Crippen LogP contribution >= 0.6 is 0 Å². The molecule has 0 aliphatic heterocycles. The number of hydrogen-bond donors (Lipinski definition) is 1. The summed E-state index contributed by atoms with van der Waals surface area (Å²) in [6.45, 7) is 3.83. The lowest BCUT2D eigenvalue weighted by Crippen LogP contribution is -2.30. The highest BCUT2D eigenvalue weighted by atomic mass is 16.1. The minimum absolute atomic E-state index is 0.0874. The number of rotatable bonds is 3. The van der Waals surface area contributed by atoms with Crippen LogP contribution < -0.4 is 5.32 Å². The maximum atomic E-state index is 12.0. The maximum Gasteiger partial charge on any atom is 0.253 e. The van der Waals surface area contributed by atoms with Gasteiger partial charge in [0.05, 0.1) is 11.3 Å². The Balaban J connectivity index is 2.38. The first-order valence-electron chi connectivity index (χ1n) is 5.31. The summed E-state index contributed by atoms with van der Waals surface area (Å²) < 4.78 is 1.47. The van der Waals surface area contributed by atoms with Gasteiger partial charge in [0, 0.05) is 6.04 Å². The van der Waals surface area contributed by atoms with Gasteiger partial charge in [0.2, 0.25) is 0 Å². The normalized spacial score (nSPS) is 10.5. The van der Waals surface area contributed by atoms with Crippen LogP contribution in [0, 0.1) is 0 Å². The van der Waals surface area contributed by atoms with Crippen LogP contribution in [-0.2, 0) is 0 Å². The quantitative estimate of drug-likeness (QED) is 0.848. The fraction of sp³-hybridized carbons (Fsp3) is 0.273. The molecule has 1 aromatic carbocycles. The summed E-state index contributed by atoms with van der Waals surface area (Å²) in [7, 11) is 0. The number of nitrogens with zero attached hydrogens (tertiary/aromatic N) is 4. The predicted octanol–water partition coefficient (Wildman–Crippen LogP) is 0.800. The van der Waals surface area contributed by atoms with Crippen LogP contribution in [0.1, 0.15) is 24.2 Å². The van der Waals surface area contributed by atoms with Crippen molar-refractivity contribution in [3.05, 3.63) is 36.2 Å². The number of nitrogens with one attached hydrogen (secondary N) is 1.